The van der Waals surface area contributed by atoms with Crippen molar-refractivity contribution in [1.82, 2.24) is 9.88 Å². The summed E-state index contributed by atoms with van der Waals surface area (Å²) in [6.07, 6.45) is 0.622. The Morgan fingerprint density at radius 3 is 2.84 bits per heavy atom. The van der Waals surface area contributed by atoms with E-state index < -0.39 is 11.8 Å². The Morgan fingerprint density at radius 2 is 2.16 bits per heavy atom. The van der Waals surface area contributed by atoms with E-state index in [9.17, 15) is 9.59 Å². The van der Waals surface area contributed by atoms with E-state index in [4.69, 9.17) is 10.2 Å². The maximum absolute atomic E-state index is 11.3. The summed E-state index contributed by atoms with van der Waals surface area (Å²) in [7, 11) is 1.55. The number of nitrogens with two attached hydrogens (primary N) is 1. The molecule has 2 N–H and O–H groups in total. The van der Waals surface area contributed by atoms with Crippen molar-refractivity contribution in [2.75, 3.05) is 13.6 Å². The van der Waals surface area contributed by atoms with Crippen molar-refractivity contribution in [3.8, 4) is 0 Å². The van der Waals surface area contributed by atoms with Crippen molar-refractivity contribution in [1.29, 1.82) is 0 Å². The zero-order valence-electron chi connectivity index (χ0n) is 10.8. The van der Waals surface area contributed by atoms with E-state index in [1.807, 2.05) is 18.2 Å². The zero-order chi connectivity index (χ0) is 14.0. The zero-order valence-corrected chi connectivity index (χ0v) is 10.8. The summed E-state index contributed by atoms with van der Waals surface area (Å²) in [6, 6.07) is 5.67. The lowest BCUT2D eigenvalue weighted by Crippen LogP contribution is -2.38. The van der Waals surface area contributed by atoms with Crippen molar-refractivity contribution in [2.45, 2.75) is 13.3 Å². The molecule has 0 aliphatic carbocycles. The third kappa shape index (κ3) is 2.90. The van der Waals surface area contributed by atoms with E-state index in [1.54, 1.807) is 14.0 Å². The molecular weight excluding hydrogens is 246 g/mol. The van der Waals surface area contributed by atoms with Crippen molar-refractivity contribution < 1.29 is 14.0 Å². The molecule has 0 fully saturated rings. The van der Waals surface area contributed by atoms with Gasteiger partial charge in [-0.3, -0.25) is 9.59 Å². The predicted octanol–water partition coefficient (Wildman–Crippen LogP) is 0.622. The first-order valence-corrected chi connectivity index (χ1v) is 5.88. The molecule has 6 nitrogen and oxygen atoms in total. The van der Waals surface area contributed by atoms with Crippen LogP contribution in [0.15, 0.2) is 22.6 Å². The normalized spacial score (nSPS) is 10.6. The summed E-state index contributed by atoms with van der Waals surface area (Å²) < 4.78 is 5.38. The number of rotatable bonds is 3. The van der Waals surface area contributed by atoms with Crippen LogP contribution in [0.4, 0.5) is 0 Å². The number of amides is 2. The maximum Gasteiger partial charge on any atom is 0.311 e. The predicted molar refractivity (Wildman–Crippen MR) is 69.3 cm³/mol. The van der Waals surface area contributed by atoms with E-state index in [-0.39, 0.29) is 0 Å². The van der Waals surface area contributed by atoms with Crippen LogP contribution in [0.5, 0.6) is 0 Å². The van der Waals surface area contributed by atoms with Gasteiger partial charge in [0.1, 0.15) is 5.52 Å². The Hall–Kier alpha value is -2.37. The number of likely N-dealkylation sites (N-methyl/N-ethyl adjacent to an activating group) is 1. The highest BCUT2D eigenvalue weighted by molar-refractivity contribution is 6.34. The van der Waals surface area contributed by atoms with E-state index >= 15 is 0 Å². The second-order valence-corrected chi connectivity index (χ2v) is 4.38. The molecule has 6 heteroatoms. The molecule has 2 amide bonds. The molecule has 0 aliphatic rings. The van der Waals surface area contributed by atoms with Gasteiger partial charge in [-0.2, -0.15) is 0 Å². The van der Waals surface area contributed by atoms with E-state index in [0.29, 0.717) is 18.9 Å². The van der Waals surface area contributed by atoms with Gasteiger partial charge in [-0.25, -0.2) is 4.98 Å². The van der Waals surface area contributed by atoms with Gasteiger partial charge in [0, 0.05) is 20.5 Å². The summed E-state index contributed by atoms with van der Waals surface area (Å²) in [5, 5.41) is 0. The standard InChI is InChI=1S/C13H15N3O3/c1-8-15-10-7-9(3-4-11(10)19-8)5-6-16(2)13(18)12(14)17/h3-4,7H,5-6H2,1-2H3,(H2,14,17). The topological polar surface area (TPSA) is 89.4 Å². The fourth-order valence-electron chi connectivity index (χ4n) is 1.83. The van der Waals surface area contributed by atoms with Crippen LogP contribution in [-0.2, 0) is 16.0 Å². The van der Waals surface area contributed by atoms with E-state index in [1.165, 1.54) is 4.90 Å². The van der Waals surface area contributed by atoms with Gasteiger partial charge in [-0.15, -0.1) is 0 Å². The summed E-state index contributed by atoms with van der Waals surface area (Å²) in [5.41, 5.74) is 7.48. The van der Waals surface area contributed by atoms with Crippen molar-refractivity contribution in [3.63, 3.8) is 0 Å². The molecule has 0 atom stereocenters. The van der Waals surface area contributed by atoms with Gasteiger partial charge in [0.05, 0.1) is 0 Å². The van der Waals surface area contributed by atoms with E-state index in [2.05, 4.69) is 4.98 Å². The maximum atomic E-state index is 11.3. The quantitative estimate of drug-likeness (QED) is 0.820. The number of nitrogens with zero attached hydrogens (tertiary/aromatic N) is 2. The van der Waals surface area contributed by atoms with Gasteiger partial charge in [0.2, 0.25) is 0 Å². The first kappa shape index (κ1) is 13.1. The highest BCUT2D eigenvalue weighted by Gasteiger charge is 2.14. The van der Waals surface area contributed by atoms with Crippen LogP contribution in [0.2, 0.25) is 0 Å². The third-order valence-electron chi connectivity index (χ3n) is 2.85. The van der Waals surface area contributed by atoms with Crippen LogP contribution in [0.1, 0.15) is 11.5 Å². The lowest BCUT2D eigenvalue weighted by molar-refractivity contribution is -0.143. The number of aryl methyl sites for hydroxylation is 1. The number of hydrogen-bond donors (Lipinski definition) is 1. The Labute approximate surface area is 110 Å². The number of carbonyl (C=O) groups is 2. The van der Waals surface area contributed by atoms with Gasteiger partial charge in [-0.1, -0.05) is 6.07 Å². The molecule has 0 aliphatic heterocycles. The molecule has 1 heterocycles. The Bertz CT molecular complexity index is 633. The monoisotopic (exact) mass is 261 g/mol. The Balaban J connectivity index is 2.05. The molecule has 2 rings (SSSR count). The largest absolute Gasteiger partial charge is 0.441 e. The van der Waals surface area contributed by atoms with Crippen LogP contribution >= 0.6 is 0 Å². The van der Waals surface area contributed by atoms with Crippen LogP contribution in [-0.4, -0.2) is 35.3 Å². The molecule has 0 saturated heterocycles. The highest BCUT2D eigenvalue weighted by Crippen LogP contribution is 2.17. The number of benzene rings is 1. The highest BCUT2D eigenvalue weighted by atomic mass is 16.3. The number of aromatic nitrogens is 1. The van der Waals surface area contributed by atoms with Crippen LogP contribution < -0.4 is 5.73 Å². The molecular formula is C13H15N3O3. The lowest BCUT2D eigenvalue weighted by atomic mass is 10.1. The number of hydrogen-bond acceptors (Lipinski definition) is 4. The van der Waals surface area contributed by atoms with Crippen LogP contribution in [0.25, 0.3) is 11.1 Å². The number of carbonyl (C=O) groups excluding carboxylic acids is 2. The molecule has 1 aromatic carbocycles. The lowest BCUT2D eigenvalue weighted by Gasteiger charge is -2.14. The van der Waals surface area contributed by atoms with E-state index in [0.717, 1.165) is 16.7 Å². The summed E-state index contributed by atoms with van der Waals surface area (Å²) in [6.45, 7) is 2.21. The molecule has 0 saturated carbocycles. The molecule has 100 valence electrons. The minimum Gasteiger partial charge on any atom is -0.441 e. The van der Waals surface area contributed by atoms with Crippen LogP contribution in [0.3, 0.4) is 0 Å². The number of primary amides is 1. The first-order valence-electron chi connectivity index (χ1n) is 5.88. The molecule has 1 aromatic heterocycles. The van der Waals surface area contributed by atoms with Gasteiger partial charge in [-0.05, 0) is 24.1 Å². The average Bonchev–Trinajstić information content (AvgIpc) is 2.74. The molecule has 2 aromatic rings. The summed E-state index contributed by atoms with van der Waals surface area (Å²) >= 11 is 0. The van der Waals surface area contributed by atoms with Crippen molar-refractivity contribution >= 4 is 22.9 Å². The third-order valence-corrected chi connectivity index (χ3v) is 2.85. The van der Waals surface area contributed by atoms with Gasteiger partial charge < -0.3 is 15.1 Å². The molecule has 0 radical (unpaired) electrons. The smallest absolute Gasteiger partial charge is 0.311 e. The molecule has 0 unspecified atom stereocenters. The minimum atomic E-state index is -0.940. The van der Waals surface area contributed by atoms with Crippen molar-refractivity contribution in [2.24, 2.45) is 5.73 Å². The Kier molecular flexibility index (Phi) is 3.50. The molecule has 0 spiro atoms. The molecule has 0 bridgehead atoms. The fraction of sp³-hybridized carbons (Fsp3) is 0.308. The van der Waals surface area contributed by atoms with Gasteiger partial charge in [0.25, 0.3) is 0 Å². The van der Waals surface area contributed by atoms with Crippen molar-refractivity contribution in [3.05, 3.63) is 29.7 Å². The Morgan fingerprint density at radius 1 is 1.42 bits per heavy atom. The summed E-state index contributed by atoms with van der Waals surface area (Å²) in [5.74, 6) is -1.00. The number of oxazole rings is 1. The van der Waals surface area contributed by atoms with Gasteiger partial charge in [0.15, 0.2) is 11.5 Å². The number of fused-ring (bicyclic) bond motifs is 1. The fourth-order valence-corrected chi connectivity index (χ4v) is 1.83. The average molecular weight is 261 g/mol. The van der Waals surface area contributed by atoms with Crippen LogP contribution in [0, 0.1) is 6.92 Å². The summed E-state index contributed by atoms with van der Waals surface area (Å²) in [4.78, 5) is 27.6. The second kappa shape index (κ2) is 5.09. The first-order chi connectivity index (χ1) is 8.97. The van der Waals surface area contributed by atoms with Gasteiger partial charge >= 0.3 is 11.8 Å². The minimum absolute atomic E-state index is 0.421. The second-order valence-electron chi connectivity index (χ2n) is 4.38. The molecule has 19 heavy (non-hydrogen) atoms. The SMILES string of the molecule is Cc1nc2cc(CCN(C)C(=O)C(N)=O)ccc2o1.